The van der Waals surface area contributed by atoms with Crippen LogP contribution in [-0.4, -0.2) is 17.4 Å². The highest BCUT2D eigenvalue weighted by molar-refractivity contribution is 6.05. The predicted octanol–water partition coefficient (Wildman–Crippen LogP) is 5.05. The zero-order chi connectivity index (χ0) is 19.7. The summed E-state index contributed by atoms with van der Waals surface area (Å²) >= 11 is 0. The lowest BCUT2D eigenvalue weighted by molar-refractivity contribution is -0.136. The molecule has 4 rings (SSSR count). The van der Waals surface area contributed by atoms with Crippen molar-refractivity contribution in [2.24, 2.45) is 0 Å². The van der Waals surface area contributed by atoms with Crippen LogP contribution in [0.25, 0.3) is 0 Å². The number of anilines is 3. The lowest BCUT2D eigenvalue weighted by Gasteiger charge is -2.19. The molecule has 0 radical (unpaired) electrons. The van der Waals surface area contributed by atoms with Crippen molar-refractivity contribution in [2.45, 2.75) is 12.6 Å². The van der Waals surface area contributed by atoms with Gasteiger partial charge in [-0.1, -0.05) is 30.3 Å². The fraction of sp³-hybridized carbons (Fsp3) is 0.143. The van der Waals surface area contributed by atoms with Crippen molar-refractivity contribution in [1.82, 2.24) is 4.98 Å². The number of aromatic nitrogens is 1. The van der Waals surface area contributed by atoms with Crippen molar-refractivity contribution in [3.05, 3.63) is 83.6 Å². The van der Waals surface area contributed by atoms with Crippen molar-refractivity contribution in [3.63, 3.8) is 0 Å². The Kier molecular flexibility index (Phi) is 4.50. The van der Waals surface area contributed by atoms with Gasteiger partial charge in [-0.05, 0) is 42.3 Å². The van der Waals surface area contributed by atoms with E-state index in [2.05, 4.69) is 10.3 Å². The highest BCUT2D eigenvalue weighted by Gasteiger charge is 2.33. The Balaban J connectivity index is 1.60. The molecular weight excluding hydrogens is 367 g/mol. The number of halogens is 3. The van der Waals surface area contributed by atoms with Crippen molar-refractivity contribution >= 4 is 23.1 Å². The summed E-state index contributed by atoms with van der Waals surface area (Å²) in [6.07, 6.45) is -2.19. The van der Waals surface area contributed by atoms with Crippen molar-refractivity contribution < 1.29 is 18.0 Å². The molecule has 1 N–H and O–H groups in total. The van der Waals surface area contributed by atoms with E-state index in [1.807, 2.05) is 29.2 Å². The van der Waals surface area contributed by atoms with Crippen LogP contribution in [0.15, 0.2) is 66.9 Å². The second kappa shape index (κ2) is 6.99. The molecule has 0 spiro atoms. The fourth-order valence-corrected chi connectivity index (χ4v) is 3.32. The highest BCUT2D eigenvalue weighted by atomic mass is 19.4. The van der Waals surface area contributed by atoms with Crippen LogP contribution in [0.1, 0.15) is 21.5 Å². The SMILES string of the molecule is O=C(Nc1ccccc1C(F)(F)F)c1ccnc(N2CCc3ccccc32)c1. The highest BCUT2D eigenvalue weighted by Crippen LogP contribution is 2.35. The summed E-state index contributed by atoms with van der Waals surface area (Å²) in [4.78, 5) is 18.9. The lowest BCUT2D eigenvalue weighted by atomic mass is 10.1. The zero-order valence-electron chi connectivity index (χ0n) is 14.7. The van der Waals surface area contributed by atoms with Crippen LogP contribution in [0.2, 0.25) is 0 Å². The van der Waals surface area contributed by atoms with Crippen LogP contribution in [0.5, 0.6) is 0 Å². The normalized spacial score (nSPS) is 13.3. The van der Waals surface area contributed by atoms with E-state index in [-0.39, 0.29) is 11.3 Å². The van der Waals surface area contributed by atoms with Gasteiger partial charge in [0.25, 0.3) is 5.91 Å². The molecule has 0 fully saturated rings. The van der Waals surface area contributed by atoms with Gasteiger partial charge in [0.2, 0.25) is 0 Å². The minimum Gasteiger partial charge on any atom is -0.326 e. The molecule has 0 bridgehead atoms. The van der Waals surface area contributed by atoms with Crippen LogP contribution in [0.4, 0.5) is 30.4 Å². The van der Waals surface area contributed by atoms with Crippen molar-refractivity contribution in [2.75, 3.05) is 16.8 Å². The summed E-state index contributed by atoms with van der Waals surface area (Å²) in [6, 6.07) is 15.9. The first-order chi connectivity index (χ1) is 13.4. The van der Waals surface area contributed by atoms with Gasteiger partial charge in [-0.25, -0.2) is 4.98 Å². The van der Waals surface area contributed by atoms with Gasteiger partial charge < -0.3 is 10.2 Å². The number of alkyl halides is 3. The number of benzene rings is 2. The molecule has 4 nitrogen and oxygen atoms in total. The number of carbonyl (C=O) groups excluding carboxylic acids is 1. The van der Waals surface area contributed by atoms with Gasteiger partial charge in [-0.2, -0.15) is 13.2 Å². The second-order valence-electron chi connectivity index (χ2n) is 6.43. The molecule has 2 heterocycles. The fourth-order valence-electron chi connectivity index (χ4n) is 3.32. The molecule has 142 valence electrons. The van der Waals surface area contributed by atoms with E-state index in [0.29, 0.717) is 5.82 Å². The van der Waals surface area contributed by atoms with E-state index in [9.17, 15) is 18.0 Å². The maximum Gasteiger partial charge on any atom is 0.418 e. The standard InChI is InChI=1S/C21H16F3N3O/c22-21(23,24)16-6-2-3-7-17(16)26-20(28)15-9-11-25-19(13-15)27-12-10-14-5-1-4-8-18(14)27/h1-9,11,13H,10,12H2,(H,26,28). The Morgan fingerprint density at radius 2 is 1.79 bits per heavy atom. The van der Waals surface area contributed by atoms with Gasteiger partial charge in [-0.3, -0.25) is 4.79 Å². The number of nitrogens with zero attached hydrogens (tertiary/aromatic N) is 2. The number of carbonyl (C=O) groups is 1. The third kappa shape index (κ3) is 3.43. The number of fused-ring (bicyclic) bond motifs is 1. The third-order valence-electron chi connectivity index (χ3n) is 4.65. The van der Waals surface area contributed by atoms with Crippen molar-refractivity contribution in [3.8, 4) is 0 Å². The predicted molar refractivity (Wildman–Crippen MR) is 101 cm³/mol. The lowest BCUT2D eigenvalue weighted by Crippen LogP contribution is -2.18. The van der Waals surface area contributed by atoms with E-state index in [1.54, 1.807) is 6.07 Å². The van der Waals surface area contributed by atoms with E-state index in [4.69, 9.17) is 0 Å². The summed E-state index contributed by atoms with van der Waals surface area (Å²) in [5, 5.41) is 2.37. The van der Waals surface area contributed by atoms with Gasteiger partial charge in [0.1, 0.15) is 5.82 Å². The Hall–Kier alpha value is -3.35. The molecular formula is C21H16F3N3O. The molecule has 1 aromatic heterocycles. The summed E-state index contributed by atoms with van der Waals surface area (Å²) < 4.78 is 39.4. The molecule has 7 heteroatoms. The van der Waals surface area contributed by atoms with E-state index < -0.39 is 17.6 Å². The molecule has 1 amide bonds. The van der Waals surface area contributed by atoms with Crippen LogP contribution < -0.4 is 10.2 Å². The summed E-state index contributed by atoms with van der Waals surface area (Å²) in [7, 11) is 0. The summed E-state index contributed by atoms with van der Waals surface area (Å²) in [5.74, 6) is -0.0328. The smallest absolute Gasteiger partial charge is 0.326 e. The van der Waals surface area contributed by atoms with Crippen LogP contribution in [0, 0.1) is 0 Å². The average molecular weight is 383 g/mol. The first kappa shape index (κ1) is 18.0. The monoisotopic (exact) mass is 383 g/mol. The number of nitrogens with one attached hydrogen (secondary N) is 1. The maximum atomic E-state index is 13.1. The maximum absolute atomic E-state index is 13.1. The van der Waals surface area contributed by atoms with Gasteiger partial charge in [0.05, 0.1) is 11.3 Å². The summed E-state index contributed by atoms with van der Waals surface area (Å²) in [6.45, 7) is 0.730. The minimum absolute atomic E-state index is 0.242. The summed E-state index contributed by atoms with van der Waals surface area (Å²) in [5.41, 5.74) is 1.30. The molecule has 0 atom stereocenters. The molecule has 0 unspecified atom stereocenters. The molecule has 1 aliphatic rings. The molecule has 0 aliphatic carbocycles. The first-order valence-corrected chi connectivity index (χ1v) is 8.72. The number of pyridine rings is 1. The Labute approximate surface area is 159 Å². The topological polar surface area (TPSA) is 45.2 Å². The molecule has 2 aromatic carbocycles. The van der Waals surface area contributed by atoms with Gasteiger partial charge >= 0.3 is 6.18 Å². The number of hydrogen-bond donors (Lipinski definition) is 1. The van der Waals surface area contributed by atoms with Crippen LogP contribution in [0.3, 0.4) is 0 Å². The van der Waals surface area contributed by atoms with E-state index >= 15 is 0 Å². The van der Waals surface area contributed by atoms with E-state index in [1.165, 1.54) is 36.0 Å². The number of para-hydroxylation sites is 2. The van der Waals surface area contributed by atoms with Crippen LogP contribution in [-0.2, 0) is 12.6 Å². The molecule has 28 heavy (non-hydrogen) atoms. The zero-order valence-corrected chi connectivity index (χ0v) is 14.7. The first-order valence-electron chi connectivity index (χ1n) is 8.72. The van der Waals surface area contributed by atoms with Gasteiger partial charge in [-0.15, -0.1) is 0 Å². The third-order valence-corrected chi connectivity index (χ3v) is 4.65. The Bertz CT molecular complexity index is 1030. The number of hydrogen-bond acceptors (Lipinski definition) is 3. The quantitative estimate of drug-likeness (QED) is 0.689. The number of rotatable bonds is 3. The van der Waals surface area contributed by atoms with Crippen LogP contribution >= 0.6 is 0 Å². The largest absolute Gasteiger partial charge is 0.418 e. The number of amides is 1. The van der Waals surface area contributed by atoms with E-state index in [0.717, 1.165) is 24.7 Å². The molecule has 0 saturated carbocycles. The second-order valence-corrected chi connectivity index (χ2v) is 6.43. The Morgan fingerprint density at radius 1 is 1.04 bits per heavy atom. The average Bonchev–Trinajstić information content (AvgIpc) is 3.12. The molecule has 0 saturated heterocycles. The van der Waals surface area contributed by atoms with Gasteiger partial charge in [0, 0.05) is 24.0 Å². The molecule has 1 aliphatic heterocycles. The van der Waals surface area contributed by atoms with Crippen molar-refractivity contribution in [1.29, 1.82) is 0 Å². The molecule has 3 aromatic rings. The Morgan fingerprint density at radius 3 is 2.61 bits per heavy atom. The minimum atomic E-state index is -4.55. The van der Waals surface area contributed by atoms with Gasteiger partial charge in [0.15, 0.2) is 0 Å².